The zero-order valence-corrected chi connectivity index (χ0v) is 14.4. The maximum Gasteiger partial charge on any atom is 0.0171 e. The fourth-order valence-electron chi connectivity index (χ4n) is 3.04. The summed E-state index contributed by atoms with van der Waals surface area (Å²) in [5.74, 6) is 0.701. The number of benzene rings is 1. The molecule has 0 fully saturated rings. The van der Waals surface area contributed by atoms with Crippen LogP contribution in [0.15, 0.2) is 30.3 Å². The summed E-state index contributed by atoms with van der Waals surface area (Å²) in [6.45, 7) is 11.4. The van der Waals surface area contributed by atoms with Crippen molar-refractivity contribution < 1.29 is 0 Å². The van der Waals surface area contributed by atoms with E-state index in [1.165, 1.54) is 18.4 Å². The van der Waals surface area contributed by atoms with E-state index in [4.69, 9.17) is 5.73 Å². The van der Waals surface area contributed by atoms with Crippen molar-refractivity contribution >= 4 is 0 Å². The molecule has 0 bridgehead atoms. The molecule has 0 saturated heterocycles. The first-order valence-corrected chi connectivity index (χ1v) is 8.60. The van der Waals surface area contributed by atoms with Crippen LogP contribution in [0, 0.1) is 5.92 Å². The van der Waals surface area contributed by atoms with Crippen molar-refractivity contribution in [2.24, 2.45) is 11.7 Å². The van der Waals surface area contributed by atoms with Gasteiger partial charge in [0.2, 0.25) is 0 Å². The Kier molecular flexibility index (Phi) is 8.63. The quantitative estimate of drug-likeness (QED) is 0.703. The van der Waals surface area contributed by atoms with Gasteiger partial charge < -0.3 is 5.73 Å². The summed E-state index contributed by atoms with van der Waals surface area (Å²) in [5.41, 5.74) is 7.80. The second kappa shape index (κ2) is 9.97. The molecule has 1 rings (SSSR count). The van der Waals surface area contributed by atoms with Crippen LogP contribution in [-0.4, -0.2) is 30.1 Å². The van der Waals surface area contributed by atoms with E-state index in [0.717, 1.165) is 25.9 Å². The van der Waals surface area contributed by atoms with Gasteiger partial charge in [-0.25, -0.2) is 0 Å². The molecule has 2 nitrogen and oxygen atoms in total. The highest BCUT2D eigenvalue weighted by molar-refractivity contribution is 5.14. The second-order valence-corrected chi connectivity index (χ2v) is 6.60. The smallest absolute Gasteiger partial charge is 0.0171 e. The minimum Gasteiger partial charge on any atom is -0.327 e. The lowest BCUT2D eigenvalue weighted by Crippen LogP contribution is -2.45. The third-order valence-electron chi connectivity index (χ3n) is 4.17. The van der Waals surface area contributed by atoms with Crippen molar-refractivity contribution in [1.82, 2.24) is 4.90 Å². The van der Waals surface area contributed by atoms with Gasteiger partial charge in [0.15, 0.2) is 0 Å². The number of rotatable bonds is 10. The Labute approximate surface area is 131 Å². The number of nitrogens with zero attached hydrogens (tertiary/aromatic N) is 1. The second-order valence-electron chi connectivity index (χ2n) is 6.60. The lowest BCUT2D eigenvalue weighted by Gasteiger charge is -2.34. The molecule has 0 aliphatic carbocycles. The highest BCUT2D eigenvalue weighted by Crippen LogP contribution is 2.13. The van der Waals surface area contributed by atoms with E-state index in [9.17, 15) is 0 Å². The first-order valence-electron chi connectivity index (χ1n) is 8.60. The molecule has 1 unspecified atom stereocenters. The minimum absolute atomic E-state index is 0.268. The maximum absolute atomic E-state index is 6.40. The first kappa shape index (κ1) is 18.2. The molecule has 0 aliphatic heterocycles. The predicted octanol–water partition coefficient (Wildman–Crippen LogP) is 4.09. The Bertz CT molecular complexity index is 357. The third kappa shape index (κ3) is 7.10. The van der Waals surface area contributed by atoms with E-state index in [0.29, 0.717) is 12.0 Å². The molecule has 1 aromatic rings. The van der Waals surface area contributed by atoms with Crippen LogP contribution in [0.5, 0.6) is 0 Å². The molecule has 0 aliphatic rings. The molecule has 0 aromatic heterocycles. The van der Waals surface area contributed by atoms with Gasteiger partial charge in [0.1, 0.15) is 0 Å². The van der Waals surface area contributed by atoms with Gasteiger partial charge in [0.05, 0.1) is 0 Å². The van der Waals surface area contributed by atoms with Gasteiger partial charge in [0, 0.05) is 25.2 Å². The summed E-state index contributed by atoms with van der Waals surface area (Å²) in [4.78, 5) is 2.61. The predicted molar refractivity (Wildman–Crippen MR) is 93.5 cm³/mol. The van der Waals surface area contributed by atoms with Crippen molar-refractivity contribution in [3.8, 4) is 0 Å². The van der Waals surface area contributed by atoms with Crippen molar-refractivity contribution in [3.63, 3.8) is 0 Å². The average Bonchev–Trinajstić information content (AvgIpc) is 2.47. The Morgan fingerprint density at radius 1 is 1.00 bits per heavy atom. The van der Waals surface area contributed by atoms with Crippen LogP contribution in [0.3, 0.4) is 0 Å². The Morgan fingerprint density at radius 3 is 2.14 bits per heavy atom. The first-order chi connectivity index (χ1) is 10.1. The van der Waals surface area contributed by atoms with Gasteiger partial charge in [-0.1, -0.05) is 58.0 Å². The molecule has 1 atom stereocenters. The molecule has 2 heteroatoms. The summed E-state index contributed by atoms with van der Waals surface area (Å²) in [6, 6.07) is 11.6. The summed E-state index contributed by atoms with van der Waals surface area (Å²) >= 11 is 0. The number of hydrogen-bond acceptors (Lipinski definition) is 2. The van der Waals surface area contributed by atoms with Gasteiger partial charge in [-0.05, 0) is 37.2 Å². The van der Waals surface area contributed by atoms with Crippen LogP contribution < -0.4 is 5.73 Å². The molecule has 2 N–H and O–H groups in total. The fourth-order valence-corrected chi connectivity index (χ4v) is 3.04. The lowest BCUT2D eigenvalue weighted by molar-refractivity contribution is 0.154. The standard InChI is InChI=1S/C19H34N2/c1-5-19(6-2)21(14-16(3)4)15-18(20)13-12-17-10-8-7-9-11-17/h7-11,16,18-19H,5-6,12-15,20H2,1-4H3. The molecule has 120 valence electrons. The van der Waals surface area contributed by atoms with Crippen LogP contribution in [0.4, 0.5) is 0 Å². The molecule has 0 amide bonds. The molecule has 21 heavy (non-hydrogen) atoms. The van der Waals surface area contributed by atoms with Crippen LogP contribution in [0.2, 0.25) is 0 Å². The van der Waals surface area contributed by atoms with Gasteiger partial charge in [-0.2, -0.15) is 0 Å². The molecule has 0 radical (unpaired) electrons. The van der Waals surface area contributed by atoms with Crippen LogP contribution >= 0.6 is 0 Å². The van der Waals surface area contributed by atoms with Gasteiger partial charge >= 0.3 is 0 Å². The van der Waals surface area contributed by atoms with E-state index in [2.05, 4.69) is 62.9 Å². The molecule has 0 spiro atoms. The Hall–Kier alpha value is -0.860. The van der Waals surface area contributed by atoms with E-state index < -0.39 is 0 Å². The zero-order chi connectivity index (χ0) is 15.7. The van der Waals surface area contributed by atoms with E-state index in [1.807, 2.05) is 0 Å². The van der Waals surface area contributed by atoms with Crippen LogP contribution in [0.25, 0.3) is 0 Å². The molecule has 0 saturated carbocycles. The fraction of sp³-hybridized carbons (Fsp3) is 0.684. The lowest BCUT2D eigenvalue weighted by atomic mass is 10.0. The Morgan fingerprint density at radius 2 is 1.62 bits per heavy atom. The van der Waals surface area contributed by atoms with E-state index in [-0.39, 0.29) is 6.04 Å². The molecule has 0 heterocycles. The summed E-state index contributed by atoms with van der Waals surface area (Å²) in [5, 5.41) is 0. The van der Waals surface area contributed by atoms with E-state index >= 15 is 0 Å². The summed E-state index contributed by atoms with van der Waals surface area (Å²) < 4.78 is 0. The SMILES string of the molecule is CCC(CC)N(CC(C)C)CC(N)CCc1ccccc1. The topological polar surface area (TPSA) is 29.3 Å². The summed E-state index contributed by atoms with van der Waals surface area (Å²) in [7, 11) is 0. The maximum atomic E-state index is 6.40. The van der Waals surface area contributed by atoms with Crippen molar-refractivity contribution in [2.45, 2.75) is 65.5 Å². The number of nitrogens with two attached hydrogens (primary N) is 1. The summed E-state index contributed by atoms with van der Waals surface area (Å²) in [6.07, 6.45) is 4.59. The number of aryl methyl sites for hydroxylation is 1. The van der Waals surface area contributed by atoms with E-state index in [1.54, 1.807) is 0 Å². The van der Waals surface area contributed by atoms with Gasteiger partial charge in [0.25, 0.3) is 0 Å². The van der Waals surface area contributed by atoms with Gasteiger partial charge in [-0.15, -0.1) is 0 Å². The zero-order valence-electron chi connectivity index (χ0n) is 14.4. The highest BCUT2D eigenvalue weighted by atomic mass is 15.2. The molecule has 1 aromatic carbocycles. The van der Waals surface area contributed by atoms with Crippen molar-refractivity contribution in [3.05, 3.63) is 35.9 Å². The van der Waals surface area contributed by atoms with Crippen LogP contribution in [0.1, 0.15) is 52.5 Å². The third-order valence-corrected chi connectivity index (χ3v) is 4.17. The average molecular weight is 290 g/mol. The largest absolute Gasteiger partial charge is 0.327 e. The van der Waals surface area contributed by atoms with Crippen molar-refractivity contribution in [2.75, 3.05) is 13.1 Å². The Balaban J connectivity index is 2.48. The molecular weight excluding hydrogens is 256 g/mol. The van der Waals surface area contributed by atoms with Crippen molar-refractivity contribution in [1.29, 1.82) is 0 Å². The van der Waals surface area contributed by atoms with Gasteiger partial charge in [-0.3, -0.25) is 4.90 Å². The monoisotopic (exact) mass is 290 g/mol. The number of hydrogen-bond donors (Lipinski definition) is 1. The normalized spacial score (nSPS) is 13.3. The molecular formula is C19H34N2. The minimum atomic E-state index is 0.268. The van der Waals surface area contributed by atoms with Crippen LogP contribution in [-0.2, 0) is 6.42 Å². The highest BCUT2D eigenvalue weighted by Gasteiger charge is 2.18.